The van der Waals surface area contributed by atoms with E-state index in [9.17, 15) is 18.5 Å². The molecule has 0 aliphatic rings. The summed E-state index contributed by atoms with van der Waals surface area (Å²) in [5.74, 6) is 0.176. The first-order chi connectivity index (χ1) is 15.2. The third kappa shape index (κ3) is 4.28. The number of hydrogen-bond acceptors (Lipinski definition) is 6. The van der Waals surface area contributed by atoms with Crippen LogP contribution in [0.3, 0.4) is 0 Å². The van der Waals surface area contributed by atoms with E-state index < -0.39 is 15.9 Å². The monoisotopic (exact) mass is 446 g/mol. The molecule has 4 rings (SSSR count). The summed E-state index contributed by atoms with van der Waals surface area (Å²) in [6.07, 6.45) is 2.40. The van der Waals surface area contributed by atoms with Crippen LogP contribution < -0.4 is 10.0 Å². The SMILES string of the molecule is Cc1cc(-n2ncc(C#N)c2NC(=O)c2ccc(NS(C)(=O)=O)cc2)nc2ccccc12. The molecule has 0 unspecified atom stereocenters. The smallest absolute Gasteiger partial charge is 0.256 e. The average molecular weight is 446 g/mol. The van der Waals surface area contributed by atoms with Gasteiger partial charge in [0.25, 0.3) is 5.91 Å². The lowest BCUT2D eigenvalue weighted by molar-refractivity contribution is 0.102. The van der Waals surface area contributed by atoms with Gasteiger partial charge in [-0.2, -0.15) is 15.0 Å². The van der Waals surface area contributed by atoms with Gasteiger partial charge in [0.05, 0.1) is 18.0 Å². The molecule has 0 aliphatic carbocycles. The van der Waals surface area contributed by atoms with E-state index >= 15 is 0 Å². The molecule has 10 heteroatoms. The number of para-hydroxylation sites is 1. The molecule has 0 radical (unpaired) electrons. The maximum atomic E-state index is 12.8. The van der Waals surface area contributed by atoms with E-state index in [2.05, 4.69) is 20.1 Å². The van der Waals surface area contributed by atoms with E-state index in [1.807, 2.05) is 43.3 Å². The van der Waals surface area contributed by atoms with E-state index in [1.165, 1.54) is 35.1 Å². The Morgan fingerprint density at radius 3 is 2.53 bits per heavy atom. The van der Waals surface area contributed by atoms with E-state index in [0.29, 0.717) is 11.5 Å². The summed E-state index contributed by atoms with van der Waals surface area (Å²) in [6.45, 7) is 1.95. The zero-order valence-corrected chi connectivity index (χ0v) is 18.0. The number of nitrogens with zero attached hydrogens (tertiary/aromatic N) is 4. The number of aromatic nitrogens is 3. The predicted molar refractivity (Wildman–Crippen MR) is 121 cm³/mol. The van der Waals surface area contributed by atoms with E-state index in [0.717, 1.165) is 22.7 Å². The molecule has 160 valence electrons. The van der Waals surface area contributed by atoms with Gasteiger partial charge >= 0.3 is 0 Å². The molecule has 4 aromatic rings. The number of hydrogen-bond donors (Lipinski definition) is 2. The highest BCUT2D eigenvalue weighted by molar-refractivity contribution is 7.92. The number of rotatable bonds is 5. The van der Waals surface area contributed by atoms with Crippen molar-refractivity contribution in [3.8, 4) is 11.9 Å². The van der Waals surface area contributed by atoms with Crippen LogP contribution in [0.1, 0.15) is 21.5 Å². The molecule has 0 fully saturated rings. The van der Waals surface area contributed by atoms with Crippen LogP contribution >= 0.6 is 0 Å². The summed E-state index contributed by atoms with van der Waals surface area (Å²) >= 11 is 0. The zero-order valence-electron chi connectivity index (χ0n) is 17.2. The first-order valence-electron chi connectivity index (χ1n) is 9.49. The van der Waals surface area contributed by atoms with Crippen LogP contribution in [0, 0.1) is 18.3 Å². The van der Waals surface area contributed by atoms with E-state index in [1.54, 1.807) is 0 Å². The molecular weight excluding hydrogens is 428 g/mol. The van der Waals surface area contributed by atoms with Crippen molar-refractivity contribution < 1.29 is 13.2 Å². The summed E-state index contributed by atoms with van der Waals surface area (Å²) < 4.78 is 26.4. The fraction of sp³-hybridized carbons (Fsp3) is 0.0909. The quantitative estimate of drug-likeness (QED) is 0.484. The van der Waals surface area contributed by atoms with Gasteiger partial charge in [-0.05, 0) is 48.9 Å². The lowest BCUT2D eigenvalue weighted by atomic mass is 10.1. The number of aryl methyl sites for hydroxylation is 1. The molecule has 32 heavy (non-hydrogen) atoms. The molecule has 1 amide bonds. The van der Waals surface area contributed by atoms with Crippen molar-refractivity contribution in [2.24, 2.45) is 0 Å². The van der Waals surface area contributed by atoms with E-state index in [-0.39, 0.29) is 16.9 Å². The van der Waals surface area contributed by atoms with Gasteiger partial charge in [-0.1, -0.05) is 18.2 Å². The summed E-state index contributed by atoms with van der Waals surface area (Å²) in [5.41, 5.74) is 2.54. The Bertz CT molecular complexity index is 1480. The maximum absolute atomic E-state index is 12.8. The molecule has 9 nitrogen and oxygen atoms in total. The second-order valence-corrected chi connectivity index (χ2v) is 8.90. The Morgan fingerprint density at radius 2 is 1.84 bits per heavy atom. The van der Waals surface area contributed by atoms with Gasteiger partial charge in [0.15, 0.2) is 11.6 Å². The lowest BCUT2D eigenvalue weighted by Crippen LogP contribution is -2.17. The highest BCUT2D eigenvalue weighted by atomic mass is 32.2. The Hall–Kier alpha value is -4.23. The molecule has 0 spiro atoms. The van der Waals surface area contributed by atoms with Crippen molar-refractivity contribution in [3.63, 3.8) is 0 Å². The average Bonchev–Trinajstić information content (AvgIpc) is 3.15. The third-order valence-electron chi connectivity index (χ3n) is 4.70. The fourth-order valence-electron chi connectivity index (χ4n) is 3.25. The Labute approximate surface area is 184 Å². The number of anilines is 2. The topological polar surface area (TPSA) is 130 Å². The summed E-state index contributed by atoms with van der Waals surface area (Å²) in [6, 6.07) is 17.4. The van der Waals surface area contributed by atoms with Crippen LogP contribution in [0.25, 0.3) is 16.7 Å². The maximum Gasteiger partial charge on any atom is 0.256 e. The Balaban J connectivity index is 1.67. The molecular formula is C22H18N6O3S. The molecule has 2 aromatic carbocycles. The Kier molecular flexibility index (Phi) is 5.34. The van der Waals surface area contributed by atoms with Gasteiger partial charge in [0, 0.05) is 16.6 Å². The molecule has 0 saturated heterocycles. The van der Waals surface area contributed by atoms with Crippen LogP contribution in [0.4, 0.5) is 11.5 Å². The number of nitriles is 1. The number of nitrogens with one attached hydrogen (secondary N) is 2. The van der Waals surface area contributed by atoms with Crippen LogP contribution in [0.15, 0.2) is 60.8 Å². The number of pyridine rings is 1. The van der Waals surface area contributed by atoms with Gasteiger partial charge in [0.2, 0.25) is 10.0 Å². The largest absolute Gasteiger partial charge is 0.305 e. The molecule has 0 saturated carbocycles. The number of carbonyl (C=O) groups is 1. The van der Waals surface area contributed by atoms with Crippen LogP contribution in [-0.4, -0.2) is 35.3 Å². The van der Waals surface area contributed by atoms with Crippen LogP contribution in [0.2, 0.25) is 0 Å². The van der Waals surface area contributed by atoms with Gasteiger partial charge in [0.1, 0.15) is 11.6 Å². The van der Waals surface area contributed by atoms with Crippen molar-refractivity contribution in [1.29, 1.82) is 5.26 Å². The van der Waals surface area contributed by atoms with Crippen molar-refractivity contribution >= 4 is 38.3 Å². The fourth-order valence-corrected chi connectivity index (χ4v) is 3.81. The van der Waals surface area contributed by atoms with Gasteiger partial charge < -0.3 is 5.32 Å². The minimum Gasteiger partial charge on any atom is -0.305 e. The third-order valence-corrected chi connectivity index (χ3v) is 5.30. The van der Waals surface area contributed by atoms with Crippen molar-refractivity contribution in [3.05, 3.63) is 77.5 Å². The second kappa shape index (κ2) is 8.13. The summed E-state index contributed by atoms with van der Waals surface area (Å²) in [5, 5.41) is 17.5. The zero-order chi connectivity index (χ0) is 22.9. The van der Waals surface area contributed by atoms with Crippen LogP contribution in [-0.2, 0) is 10.0 Å². The van der Waals surface area contributed by atoms with Gasteiger partial charge in [-0.25, -0.2) is 13.4 Å². The standard InChI is InChI=1S/C22H18N6O3S/c1-14-11-20(25-19-6-4-3-5-18(14)19)28-21(16(12-23)13-24-28)26-22(29)15-7-9-17(10-8-15)27-32(2,30)31/h3-11,13,27H,1-2H3,(H,26,29). The molecule has 0 aliphatic heterocycles. The highest BCUT2D eigenvalue weighted by Gasteiger charge is 2.18. The normalized spacial score (nSPS) is 11.2. The molecule has 2 heterocycles. The molecule has 2 N–H and O–H groups in total. The van der Waals surface area contributed by atoms with Crippen molar-refractivity contribution in [1.82, 2.24) is 14.8 Å². The lowest BCUT2D eigenvalue weighted by Gasteiger charge is -2.11. The number of carbonyl (C=O) groups excluding carboxylic acids is 1. The summed E-state index contributed by atoms with van der Waals surface area (Å²) in [7, 11) is -3.42. The molecule has 0 bridgehead atoms. The van der Waals surface area contributed by atoms with Crippen molar-refractivity contribution in [2.45, 2.75) is 6.92 Å². The number of fused-ring (bicyclic) bond motifs is 1. The number of sulfonamides is 1. The van der Waals surface area contributed by atoms with Gasteiger partial charge in [-0.15, -0.1) is 0 Å². The van der Waals surface area contributed by atoms with Gasteiger partial charge in [-0.3, -0.25) is 9.52 Å². The predicted octanol–water partition coefficient (Wildman–Crippen LogP) is 3.22. The minimum absolute atomic E-state index is 0.182. The first-order valence-corrected chi connectivity index (χ1v) is 11.4. The second-order valence-electron chi connectivity index (χ2n) is 7.15. The molecule has 0 atom stereocenters. The number of amides is 1. The Morgan fingerprint density at radius 1 is 1.12 bits per heavy atom. The minimum atomic E-state index is -3.42. The number of benzene rings is 2. The van der Waals surface area contributed by atoms with Crippen LogP contribution in [0.5, 0.6) is 0 Å². The summed E-state index contributed by atoms with van der Waals surface area (Å²) in [4.78, 5) is 17.4. The van der Waals surface area contributed by atoms with E-state index in [4.69, 9.17) is 0 Å². The highest BCUT2D eigenvalue weighted by Crippen LogP contribution is 2.24. The van der Waals surface area contributed by atoms with Crippen molar-refractivity contribution in [2.75, 3.05) is 16.3 Å². The molecule has 2 aromatic heterocycles. The first kappa shape index (κ1) is 21.0.